The second kappa shape index (κ2) is 7.96. The van der Waals surface area contributed by atoms with E-state index in [2.05, 4.69) is 66.4 Å². The van der Waals surface area contributed by atoms with Gasteiger partial charge in [0.1, 0.15) is 0 Å². The summed E-state index contributed by atoms with van der Waals surface area (Å²) in [6.07, 6.45) is 6.32. The van der Waals surface area contributed by atoms with E-state index in [-0.39, 0.29) is 0 Å². The third-order valence-electron chi connectivity index (χ3n) is 3.83. The van der Waals surface area contributed by atoms with Crippen molar-refractivity contribution >= 4 is 15.9 Å². The molecule has 2 heteroatoms. The standard InChI is InChI=1S/C16H26BrN/c1-4-6-10-16(5-2,13-18-3)12-14-8-7-9-15(17)11-14/h7-9,11,18H,4-6,10,12-13H2,1-3H3. The Kier molecular flexibility index (Phi) is 6.95. The Morgan fingerprint density at radius 1 is 1.28 bits per heavy atom. The van der Waals surface area contributed by atoms with E-state index in [4.69, 9.17) is 0 Å². The SMILES string of the molecule is CCCCC(CC)(CNC)Cc1cccc(Br)c1. The molecule has 0 spiro atoms. The molecule has 0 radical (unpaired) electrons. The molecular weight excluding hydrogens is 286 g/mol. The van der Waals surface area contributed by atoms with Gasteiger partial charge in [-0.05, 0) is 49.4 Å². The molecule has 1 aromatic carbocycles. The maximum Gasteiger partial charge on any atom is 0.0177 e. The summed E-state index contributed by atoms with van der Waals surface area (Å²) in [5, 5.41) is 3.39. The zero-order valence-electron chi connectivity index (χ0n) is 11.9. The summed E-state index contributed by atoms with van der Waals surface area (Å²) in [5.74, 6) is 0. The molecule has 0 saturated carbocycles. The monoisotopic (exact) mass is 311 g/mol. The van der Waals surface area contributed by atoms with Gasteiger partial charge in [-0.15, -0.1) is 0 Å². The largest absolute Gasteiger partial charge is 0.319 e. The molecular formula is C16H26BrN. The van der Waals surface area contributed by atoms with Gasteiger partial charge in [0.05, 0.1) is 0 Å². The summed E-state index contributed by atoms with van der Waals surface area (Å²) < 4.78 is 1.19. The molecule has 0 bridgehead atoms. The lowest BCUT2D eigenvalue weighted by Gasteiger charge is -2.33. The maximum absolute atomic E-state index is 3.57. The highest BCUT2D eigenvalue weighted by atomic mass is 79.9. The summed E-state index contributed by atoms with van der Waals surface area (Å²) >= 11 is 3.57. The Morgan fingerprint density at radius 2 is 2.06 bits per heavy atom. The first kappa shape index (κ1) is 15.7. The van der Waals surface area contributed by atoms with Gasteiger partial charge in [-0.2, -0.15) is 0 Å². The summed E-state index contributed by atoms with van der Waals surface area (Å²) in [6.45, 7) is 5.71. The zero-order valence-corrected chi connectivity index (χ0v) is 13.5. The van der Waals surface area contributed by atoms with Gasteiger partial charge in [-0.25, -0.2) is 0 Å². The zero-order chi connectivity index (χ0) is 13.4. The lowest BCUT2D eigenvalue weighted by atomic mass is 9.75. The van der Waals surface area contributed by atoms with E-state index in [0.717, 1.165) is 6.54 Å². The van der Waals surface area contributed by atoms with Gasteiger partial charge in [0.2, 0.25) is 0 Å². The van der Waals surface area contributed by atoms with Crippen LogP contribution < -0.4 is 5.32 Å². The predicted octanol–water partition coefficient (Wildman–Crippen LogP) is 4.80. The first-order chi connectivity index (χ1) is 8.65. The van der Waals surface area contributed by atoms with Crippen LogP contribution in [0.15, 0.2) is 28.7 Å². The van der Waals surface area contributed by atoms with Crippen LogP contribution in [-0.2, 0) is 6.42 Å². The first-order valence-electron chi connectivity index (χ1n) is 7.05. The van der Waals surface area contributed by atoms with Crippen LogP contribution in [0.1, 0.15) is 45.1 Å². The normalized spacial score (nSPS) is 14.4. The Bertz CT molecular complexity index is 351. The topological polar surface area (TPSA) is 12.0 Å². The second-order valence-corrected chi connectivity index (χ2v) is 6.21. The molecule has 1 N–H and O–H groups in total. The Hall–Kier alpha value is -0.340. The Balaban J connectivity index is 2.82. The van der Waals surface area contributed by atoms with E-state index in [1.165, 1.54) is 42.1 Å². The molecule has 0 saturated heterocycles. The lowest BCUT2D eigenvalue weighted by molar-refractivity contribution is 0.235. The van der Waals surface area contributed by atoms with Crippen molar-refractivity contribution < 1.29 is 0 Å². The summed E-state index contributed by atoms with van der Waals surface area (Å²) in [6, 6.07) is 8.74. The van der Waals surface area contributed by atoms with Crippen LogP contribution in [0.2, 0.25) is 0 Å². The average Bonchev–Trinajstić information content (AvgIpc) is 2.36. The fourth-order valence-electron chi connectivity index (χ4n) is 2.67. The highest BCUT2D eigenvalue weighted by molar-refractivity contribution is 9.10. The van der Waals surface area contributed by atoms with Gasteiger partial charge in [-0.3, -0.25) is 0 Å². The lowest BCUT2D eigenvalue weighted by Crippen LogP contribution is -2.34. The van der Waals surface area contributed by atoms with Crippen molar-refractivity contribution in [1.29, 1.82) is 0 Å². The molecule has 1 rings (SSSR count). The fraction of sp³-hybridized carbons (Fsp3) is 0.625. The number of nitrogens with one attached hydrogen (secondary N) is 1. The van der Waals surface area contributed by atoms with Crippen molar-refractivity contribution in [3.63, 3.8) is 0 Å². The van der Waals surface area contributed by atoms with E-state index in [1.54, 1.807) is 0 Å². The van der Waals surface area contributed by atoms with Crippen LogP contribution in [0.5, 0.6) is 0 Å². The van der Waals surface area contributed by atoms with Gasteiger partial charge < -0.3 is 5.32 Å². The predicted molar refractivity (Wildman–Crippen MR) is 84.0 cm³/mol. The third kappa shape index (κ3) is 4.74. The molecule has 0 fully saturated rings. The van der Waals surface area contributed by atoms with Crippen LogP contribution in [0.25, 0.3) is 0 Å². The van der Waals surface area contributed by atoms with Gasteiger partial charge in [-0.1, -0.05) is 54.8 Å². The summed E-state index contributed by atoms with van der Waals surface area (Å²) in [7, 11) is 2.07. The Morgan fingerprint density at radius 3 is 2.61 bits per heavy atom. The number of halogens is 1. The molecule has 102 valence electrons. The number of benzene rings is 1. The number of rotatable bonds is 8. The number of hydrogen-bond acceptors (Lipinski definition) is 1. The van der Waals surface area contributed by atoms with Gasteiger partial charge in [0.25, 0.3) is 0 Å². The smallest absolute Gasteiger partial charge is 0.0177 e. The third-order valence-corrected chi connectivity index (χ3v) is 4.32. The van der Waals surface area contributed by atoms with Crippen LogP contribution in [-0.4, -0.2) is 13.6 Å². The van der Waals surface area contributed by atoms with E-state index in [9.17, 15) is 0 Å². The van der Waals surface area contributed by atoms with Crippen molar-refractivity contribution in [3.05, 3.63) is 34.3 Å². The highest BCUT2D eigenvalue weighted by Crippen LogP contribution is 2.33. The quantitative estimate of drug-likeness (QED) is 0.727. The molecule has 1 nitrogen and oxygen atoms in total. The van der Waals surface area contributed by atoms with Gasteiger partial charge >= 0.3 is 0 Å². The summed E-state index contributed by atoms with van der Waals surface area (Å²) in [4.78, 5) is 0. The molecule has 1 atom stereocenters. The summed E-state index contributed by atoms with van der Waals surface area (Å²) in [5.41, 5.74) is 1.85. The number of hydrogen-bond donors (Lipinski definition) is 1. The number of unbranched alkanes of at least 4 members (excludes halogenated alkanes) is 1. The van der Waals surface area contributed by atoms with Crippen LogP contribution in [0.4, 0.5) is 0 Å². The molecule has 18 heavy (non-hydrogen) atoms. The van der Waals surface area contributed by atoms with Crippen LogP contribution in [0.3, 0.4) is 0 Å². The minimum Gasteiger partial charge on any atom is -0.319 e. The van der Waals surface area contributed by atoms with E-state index in [1.807, 2.05) is 0 Å². The highest BCUT2D eigenvalue weighted by Gasteiger charge is 2.27. The average molecular weight is 312 g/mol. The second-order valence-electron chi connectivity index (χ2n) is 5.29. The van der Waals surface area contributed by atoms with Gasteiger partial charge in [0.15, 0.2) is 0 Å². The molecule has 0 aromatic heterocycles. The molecule has 1 unspecified atom stereocenters. The molecule has 0 aliphatic heterocycles. The minimum atomic E-state index is 0.408. The van der Waals surface area contributed by atoms with Crippen molar-refractivity contribution in [3.8, 4) is 0 Å². The molecule has 1 aromatic rings. The minimum absolute atomic E-state index is 0.408. The van der Waals surface area contributed by atoms with Crippen molar-refractivity contribution in [2.24, 2.45) is 5.41 Å². The first-order valence-corrected chi connectivity index (χ1v) is 7.84. The van der Waals surface area contributed by atoms with E-state index < -0.39 is 0 Å². The van der Waals surface area contributed by atoms with E-state index >= 15 is 0 Å². The van der Waals surface area contributed by atoms with Crippen LogP contribution >= 0.6 is 15.9 Å². The Labute approximate surface area is 120 Å². The maximum atomic E-state index is 3.57. The molecule has 0 amide bonds. The van der Waals surface area contributed by atoms with E-state index in [0.29, 0.717) is 5.41 Å². The van der Waals surface area contributed by atoms with Gasteiger partial charge in [0, 0.05) is 11.0 Å². The van der Waals surface area contributed by atoms with Crippen LogP contribution in [0, 0.1) is 5.41 Å². The van der Waals surface area contributed by atoms with Crippen molar-refractivity contribution in [1.82, 2.24) is 5.32 Å². The molecule has 0 aliphatic carbocycles. The van der Waals surface area contributed by atoms with Crippen molar-refractivity contribution in [2.45, 2.75) is 46.0 Å². The molecule has 0 heterocycles. The molecule has 0 aliphatic rings. The fourth-order valence-corrected chi connectivity index (χ4v) is 3.12. The van der Waals surface area contributed by atoms with Crippen molar-refractivity contribution in [2.75, 3.05) is 13.6 Å².